The number of ether oxygens (including phenoxy) is 2. The van der Waals surface area contributed by atoms with Crippen LogP contribution in [0.3, 0.4) is 0 Å². The Labute approximate surface area is 116 Å². The minimum atomic E-state index is -0.333. The average molecular weight is 266 g/mol. The Morgan fingerprint density at radius 3 is 2.32 bits per heavy atom. The number of rotatable bonds is 8. The summed E-state index contributed by atoms with van der Waals surface area (Å²) in [5, 5.41) is 0. The van der Waals surface area contributed by atoms with Crippen LogP contribution in [0, 0.1) is 0 Å². The molecule has 2 atom stereocenters. The monoisotopic (exact) mass is 266 g/mol. The lowest BCUT2D eigenvalue weighted by atomic mass is 9.88. The highest BCUT2D eigenvalue weighted by atomic mass is 16.5. The Hall–Kier alpha value is -1.10. The summed E-state index contributed by atoms with van der Waals surface area (Å²) in [6.45, 7) is 6.97. The van der Waals surface area contributed by atoms with Crippen molar-refractivity contribution in [3.05, 3.63) is 29.8 Å². The molecular formula is C15H26N2O2. The summed E-state index contributed by atoms with van der Waals surface area (Å²) >= 11 is 0. The summed E-state index contributed by atoms with van der Waals surface area (Å²) in [7, 11) is 1.71. The molecule has 2 unspecified atom stereocenters. The van der Waals surface area contributed by atoms with Crippen LogP contribution < -0.4 is 16.0 Å². The van der Waals surface area contributed by atoms with Gasteiger partial charge in [0.15, 0.2) is 0 Å². The number of methoxy groups -OCH3 is 1. The van der Waals surface area contributed by atoms with E-state index in [2.05, 4.69) is 26.2 Å². The molecule has 0 aliphatic heterocycles. The van der Waals surface area contributed by atoms with Crippen molar-refractivity contribution in [2.24, 2.45) is 5.84 Å². The van der Waals surface area contributed by atoms with Gasteiger partial charge in [-0.25, -0.2) is 0 Å². The molecule has 19 heavy (non-hydrogen) atoms. The van der Waals surface area contributed by atoms with Crippen molar-refractivity contribution in [2.75, 3.05) is 13.7 Å². The van der Waals surface area contributed by atoms with Gasteiger partial charge < -0.3 is 9.47 Å². The van der Waals surface area contributed by atoms with Crippen LogP contribution in [0.15, 0.2) is 24.3 Å². The largest absolute Gasteiger partial charge is 0.494 e. The molecule has 4 nitrogen and oxygen atoms in total. The molecule has 0 aliphatic rings. The number of hydrazine groups is 1. The van der Waals surface area contributed by atoms with Crippen LogP contribution >= 0.6 is 0 Å². The average Bonchev–Trinajstić information content (AvgIpc) is 2.46. The van der Waals surface area contributed by atoms with Gasteiger partial charge in [-0.05, 0) is 37.5 Å². The topological polar surface area (TPSA) is 56.5 Å². The van der Waals surface area contributed by atoms with E-state index in [1.54, 1.807) is 7.11 Å². The molecule has 1 aromatic rings. The molecule has 0 aliphatic carbocycles. The minimum Gasteiger partial charge on any atom is -0.494 e. The molecule has 0 fully saturated rings. The van der Waals surface area contributed by atoms with Crippen molar-refractivity contribution in [2.45, 2.75) is 45.3 Å². The van der Waals surface area contributed by atoms with Crippen molar-refractivity contribution in [3.63, 3.8) is 0 Å². The van der Waals surface area contributed by atoms with Crippen molar-refractivity contribution >= 4 is 0 Å². The van der Waals surface area contributed by atoms with Gasteiger partial charge in [0.05, 0.1) is 18.2 Å². The third-order valence-electron chi connectivity index (χ3n) is 3.63. The summed E-state index contributed by atoms with van der Waals surface area (Å²) in [5.41, 5.74) is 3.62. The highest BCUT2D eigenvalue weighted by molar-refractivity contribution is 5.30. The zero-order valence-electron chi connectivity index (χ0n) is 12.4. The van der Waals surface area contributed by atoms with E-state index in [1.807, 2.05) is 24.3 Å². The van der Waals surface area contributed by atoms with E-state index in [1.165, 1.54) is 0 Å². The molecule has 3 N–H and O–H groups in total. The normalized spacial score (nSPS) is 15.8. The Morgan fingerprint density at radius 1 is 1.26 bits per heavy atom. The Kier molecular flexibility index (Phi) is 6.28. The molecular weight excluding hydrogens is 240 g/mol. The molecule has 4 heteroatoms. The van der Waals surface area contributed by atoms with Crippen LogP contribution in [0.2, 0.25) is 0 Å². The predicted octanol–water partition coefficient (Wildman–Crippen LogP) is 2.79. The maximum atomic E-state index is 5.70. The van der Waals surface area contributed by atoms with E-state index < -0.39 is 0 Å². The minimum absolute atomic E-state index is 0.0530. The number of nitrogens with one attached hydrogen (secondary N) is 1. The standard InChI is InChI=1S/C15H26N2O2/c1-5-11-19-13-9-7-12(8-10-13)14(17-16)15(3,6-2)18-4/h7-10,14,17H,5-6,11,16H2,1-4H3. The zero-order chi connectivity index (χ0) is 14.3. The van der Waals surface area contributed by atoms with E-state index in [-0.39, 0.29) is 11.6 Å². The van der Waals surface area contributed by atoms with Crippen molar-refractivity contribution in [3.8, 4) is 5.75 Å². The number of nitrogens with two attached hydrogens (primary N) is 1. The lowest BCUT2D eigenvalue weighted by Crippen LogP contribution is -2.45. The number of hydrogen-bond donors (Lipinski definition) is 2. The van der Waals surface area contributed by atoms with Gasteiger partial charge in [-0.15, -0.1) is 0 Å². The summed E-state index contributed by atoms with van der Waals surface area (Å²) in [5.74, 6) is 6.59. The second-order valence-electron chi connectivity index (χ2n) is 4.89. The van der Waals surface area contributed by atoms with E-state index in [0.29, 0.717) is 0 Å². The first kappa shape index (κ1) is 16.0. The number of benzene rings is 1. The van der Waals surface area contributed by atoms with Gasteiger partial charge >= 0.3 is 0 Å². The van der Waals surface area contributed by atoms with Crippen LogP contribution in [0.25, 0.3) is 0 Å². The van der Waals surface area contributed by atoms with E-state index >= 15 is 0 Å². The smallest absolute Gasteiger partial charge is 0.119 e. The van der Waals surface area contributed by atoms with Crippen molar-refractivity contribution < 1.29 is 9.47 Å². The first-order valence-electron chi connectivity index (χ1n) is 6.85. The van der Waals surface area contributed by atoms with Gasteiger partial charge in [0.25, 0.3) is 0 Å². The summed E-state index contributed by atoms with van der Waals surface area (Å²) in [6.07, 6.45) is 1.87. The Bertz CT molecular complexity index is 361. The SMILES string of the molecule is CCCOc1ccc(C(NN)C(C)(CC)OC)cc1. The van der Waals surface area contributed by atoms with Crippen molar-refractivity contribution in [1.82, 2.24) is 5.43 Å². The van der Waals surface area contributed by atoms with Crippen LogP contribution in [0.1, 0.15) is 45.2 Å². The van der Waals surface area contributed by atoms with Gasteiger partial charge in [0.1, 0.15) is 5.75 Å². The van der Waals surface area contributed by atoms with Crippen LogP contribution in [0.5, 0.6) is 5.75 Å². The summed E-state index contributed by atoms with van der Waals surface area (Å²) < 4.78 is 11.2. The molecule has 0 amide bonds. The lowest BCUT2D eigenvalue weighted by molar-refractivity contribution is -0.0300. The summed E-state index contributed by atoms with van der Waals surface area (Å²) in [4.78, 5) is 0. The number of hydrogen-bond acceptors (Lipinski definition) is 4. The molecule has 1 aromatic carbocycles. The molecule has 0 heterocycles. The van der Waals surface area contributed by atoms with Crippen molar-refractivity contribution in [1.29, 1.82) is 0 Å². The quantitative estimate of drug-likeness (QED) is 0.561. The highest BCUT2D eigenvalue weighted by Gasteiger charge is 2.33. The first-order chi connectivity index (χ1) is 9.11. The van der Waals surface area contributed by atoms with Gasteiger partial charge in [-0.1, -0.05) is 26.0 Å². The van der Waals surface area contributed by atoms with E-state index in [0.717, 1.165) is 30.8 Å². The third kappa shape index (κ3) is 3.93. The maximum absolute atomic E-state index is 5.70. The van der Waals surface area contributed by atoms with Gasteiger partial charge in [-0.3, -0.25) is 11.3 Å². The fourth-order valence-electron chi connectivity index (χ4n) is 2.07. The zero-order valence-corrected chi connectivity index (χ0v) is 12.4. The first-order valence-corrected chi connectivity index (χ1v) is 6.85. The maximum Gasteiger partial charge on any atom is 0.119 e. The molecule has 0 aromatic heterocycles. The third-order valence-corrected chi connectivity index (χ3v) is 3.63. The molecule has 0 saturated carbocycles. The predicted molar refractivity (Wildman–Crippen MR) is 78.0 cm³/mol. The molecule has 0 bridgehead atoms. The Morgan fingerprint density at radius 2 is 1.89 bits per heavy atom. The van der Waals surface area contributed by atoms with Crippen LogP contribution in [-0.4, -0.2) is 19.3 Å². The Balaban J connectivity index is 2.87. The highest BCUT2D eigenvalue weighted by Crippen LogP contribution is 2.31. The van der Waals surface area contributed by atoms with Crippen LogP contribution in [-0.2, 0) is 4.74 Å². The van der Waals surface area contributed by atoms with E-state index in [4.69, 9.17) is 15.3 Å². The molecule has 0 radical (unpaired) electrons. The van der Waals surface area contributed by atoms with E-state index in [9.17, 15) is 0 Å². The molecule has 0 spiro atoms. The summed E-state index contributed by atoms with van der Waals surface area (Å²) in [6, 6.07) is 7.95. The molecule has 108 valence electrons. The fraction of sp³-hybridized carbons (Fsp3) is 0.600. The van der Waals surface area contributed by atoms with Gasteiger partial charge in [-0.2, -0.15) is 0 Å². The molecule has 0 saturated heterocycles. The van der Waals surface area contributed by atoms with Gasteiger partial charge in [0.2, 0.25) is 0 Å². The lowest BCUT2D eigenvalue weighted by Gasteiger charge is -2.35. The molecule has 1 rings (SSSR count). The second kappa shape index (κ2) is 7.48. The second-order valence-corrected chi connectivity index (χ2v) is 4.89. The fourth-order valence-corrected chi connectivity index (χ4v) is 2.07. The van der Waals surface area contributed by atoms with Crippen LogP contribution in [0.4, 0.5) is 0 Å². The van der Waals surface area contributed by atoms with Gasteiger partial charge in [0, 0.05) is 7.11 Å².